The Kier molecular flexibility index (Phi) is 5.44. The van der Waals surface area contributed by atoms with Gasteiger partial charge in [0, 0.05) is 12.6 Å². The second kappa shape index (κ2) is 6.84. The van der Waals surface area contributed by atoms with E-state index < -0.39 is 10.7 Å². The summed E-state index contributed by atoms with van der Waals surface area (Å²) >= 11 is 0. The smallest absolute Gasteiger partial charge is 0.313 e. The molecule has 0 unspecified atom stereocenters. The molecule has 0 aliphatic rings. The molecule has 0 aromatic heterocycles. The minimum absolute atomic E-state index is 0.0390. The maximum Gasteiger partial charge on any atom is 0.313 e. The Morgan fingerprint density at radius 2 is 2.26 bits per heavy atom. The van der Waals surface area contributed by atoms with E-state index in [9.17, 15) is 14.5 Å². The van der Waals surface area contributed by atoms with Crippen LogP contribution < -0.4 is 10.1 Å². The molecule has 0 heterocycles. The van der Waals surface area contributed by atoms with E-state index in [1.807, 2.05) is 13.8 Å². The Morgan fingerprint density at radius 1 is 1.58 bits per heavy atom. The maximum absolute atomic E-state index is 12.9. The molecule has 0 radical (unpaired) electrons. The standard InChI is InChI=1S/C13H17FN2O3/c1-9(2)15-7-10(3)8-19-13-5-4-11(14)6-12(13)16(17)18/h4-6,9,15H,3,7-8H2,1-2H3. The SMILES string of the molecule is C=C(CNC(C)C)COc1ccc(F)cc1[N+](=O)[O-]. The first kappa shape index (κ1) is 15.1. The third-order valence-corrected chi connectivity index (χ3v) is 2.31. The van der Waals surface area contributed by atoms with E-state index >= 15 is 0 Å². The molecule has 104 valence electrons. The van der Waals surface area contributed by atoms with Crippen molar-refractivity contribution < 1.29 is 14.1 Å². The van der Waals surface area contributed by atoms with Crippen molar-refractivity contribution >= 4 is 5.69 Å². The number of rotatable bonds is 7. The van der Waals surface area contributed by atoms with Crippen LogP contribution in [0.1, 0.15) is 13.8 Å². The lowest BCUT2D eigenvalue weighted by Gasteiger charge is -2.11. The van der Waals surface area contributed by atoms with Gasteiger partial charge >= 0.3 is 5.69 Å². The van der Waals surface area contributed by atoms with Crippen LogP contribution in [0.3, 0.4) is 0 Å². The molecule has 1 rings (SSSR count). The van der Waals surface area contributed by atoms with Gasteiger partial charge in [0.05, 0.1) is 11.0 Å². The lowest BCUT2D eigenvalue weighted by Crippen LogP contribution is -2.26. The summed E-state index contributed by atoms with van der Waals surface area (Å²) in [5, 5.41) is 13.9. The zero-order valence-electron chi connectivity index (χ0n) is 11.0. The minimum Gasteiger partial charge on any atom is -0.482 e. The third-order valence-electron chi connectivity index (χ3n) is 2.31. The molecule has 0 saturated carbocycles. The molecule has 19 heavy (non-hydrogen) atoms. The summed E-state index contributed by atoms with van der Waals surface area (Å²) in [6.07, 6.45) is 0. The van der Waals surface area contributed by atoms with Crippen LogP contribution in [-0.4, -0.2) is 24.1 Å². The summed E-state index contributed by atoms with van der Waals surface area (Å²) < 4.78 is 18.2. The van der Waals surface area contributed by atoms with Crippen LogP contribution in [0.15, 0.2) is 30.4 Å². The number of hydrogen-bond acceptors (Lipinski definition) is 4. The number of halogens is 1. The molecule has 0 aliphatic carbocycles. The van der Waals surface area contributed by atoms with E-state index in [1.54, 1.807) is 0 Å². The highest BCUT2D eigenvalue weighted by atomic mass is 19.1. The Hall–Kier alpha value is -1.95. The molecule has 0 aliphatic heterocycles. The van der Waals surface area contributed by atoms with Crippen molar-refractivity contribution in [2.24, 2.45) is 0 Å². The molecular weight excluding hydrogens is 251 g/mol. The average Bonchev–Trinajstić information content (AvgIpc) is 2.34. The van der Waals surface area contributed by atoms with Crippen molar-refractivity contribution in [2.75, 3.05) is 13.2 Å². The quantitative estimate of drug-likeness (QED) is 0.469. The number of nitrogens with one attached hydrogen (secondary N) is 1. The van der Waals surface area contributed by atoms with Crippen LogP contribution in [0.25, 0.3) is 0 Å². The highest BCUT2D eigenvalue weighted by molar-refractivity contribution is 5.46. The number of hydrogen-bond donors (Lipinski definition) is 1. The number of benzene rings is 1. The number of nitro benzene ring substituents is 1. The predicted molar refractivity (Wildman–Crippen MR) is 70.8 cm³/mol. The highest BCUT2D eigenvalue weighted by Gasteiger charge is 2.16. The molecule has 1 N–H and O–H groups in total. The largest absolute Gasteiger partial charge is 0.482 e. The van der Waals surface area contributed by atoms with Crippen LogP contribution >= 0.6 is 0 Å². The molecule has 0 spiro atoms. The van der Waals surface area contributed by atoms with Crippen molar-refractivity contribution in [3.63, 3.8) is 0 Å². The lowest BCUT2D eigenvalue weighted by atomic mass is 10.2. The molecule has 1 aromatic carbocycles. The summed E-state index contributed by atoms with van der Waals surface area (Å²) in [6.45, 7) is 8.51. The van der Waals surface area contributed by atoms with Crippen LogP contribution in [0.5, 0.6) is 5.75 Å². The van der Waals surface area contributed by atoms with Crippen molar-refractivity contribution in [1.82, 2.24) is 5.32 Å². The third kappa shape index (κ3) is 5.05. The first-order valence-corrected chi connectivity index (χ1v) is 5.87. The van der Waals surface area contributed by atoms with Crippen molar-refractivity contribution in [3.8, 4) is 5.75 Å². The summed E-state index contributed by atoms with van der Waals surface area (Å²) in [6, 6.07) is 3.52. The summed E-state index contributed by atoms with van der Waals surface area (Å²) in [4.78, 5) is 10.1. The summed E-state index contributed by atoms with van der Waals surface area (Å²) in [5.74, 6) is -0.628. The van der Waals surface area contributed by atoms with Crippen LogP contribution in [-0.2, 0) is 0 Å². The zero-order chi connectivity index (χ0) is 14.4. The van der Waals surface area contributed by atoms with E-state index in [0.717, 1.165) is 17.7 Å². The molecule has 0 saturated heterocycles. The maximum atomic E-state index is 12.9. The molecule has 0 amide bonds. The molecule has 6 heteroatoms. The summed E-state index contributed by atoms with van der Waals surface area (Å²) in [7, 11) is 0. The molecule has 5 nitrogen and oxygen atoms in total. The molecule has 0 fully saturated rings. The Labute approximate surface area is 111 Å². The zero-order valence-corrected chi connectivity index (χ0v) is 11.0. The van der Waals surface area contributed by atoms with Gasteiger partial charge in [-0.1, -0.05) is 20.4 Å². The molecule has 1 aromatic rings. The van der Waals surface area contributed by atoms with Crippen LogP contribution in [0, 0.1) is 15.9 Å². The molecule has 0 atom stereocenters. The van der Waals surface area contributed by atoms with Gasteiger partial charge in [-0.2, -0.15) is 0 Å². The van der Waals surface area contributed by atoms with Gasteiger partial charge in [0.25, 0.3) is 0 Å². The number of nitro groups is 1. The van der Waals surface area contributed by atoms with E-state index in [4.69, 9.17) is 4.74 Å². The van der Waals surface area contributed by atoms with E-state index in [-0.39, 0.29) is 18.0 Å². The van der Waals surface area contributed by atoms with Crippen LogP contribution in [0.4, 0.5) is 10.1 Å². The van der Waals surface area contributed by atoms with Gasteiger partial charge in [-0.05, 0) is 17.7 Å². The fraction of sp³-hybridized carbons (Fsp3) is 0.385. The number of ether oxygens (including phenoxy) is 1. The Bertz CT molecular complexity index is 475. The first-order chi connectivity index (χ1) is 8.90. The fourth-order valence-corrected chi connectivity index (χ4v) is 1.33. The second-order valence-corrected chi connectivity index (χ2v) is 4.44. The van der Waals surface area contributed by atoms with Gasteiger partial charge in [0.2, 0.25) is 0 Å². The predicted octanol–water partition coefficient (Wildman–Crippen LogP) is 2.67. The molecular formula is C13H17FN2O3. The van der Waals surface area contributed by atoms with E-state index in [2.05, 4.69) is 11.9 Å². The van der Waals surface area contributed by atoms with Gasteiger partial charge in [-0.25, -0.2) is 4.39 Å². The van der Waals surface area contributed by atoms with Crippen molar-refractivity contribution in [3.05, 3.63) is 46.3 Å². The normalized spacial score (nSPS) is 10.5. The fourth-order valence-electron chi connectivity index (χ4n) is 1.33. The highest BCUT2D eigenvalue weighted by Crippen LogP contribution is 2.27. The van der Waals surface area contributed by atoms with E-state index in [1.165, 1.54) is 6.07 Å². The van der Waals surface area contributed by atoms with Gasteiger partial charge in [-0.3, -0.25) is 10.1 Å². The average molecular weight is 268 g/mol. The van der Waals surface area contributed by atoms with Crippen molar-refractivity contribution in [1.29, 1.82) is 0 Å². The van der Waals surface area contributed by atoms with E-state index in [0.29, 0.717) is 12.6 Å². The van der Waals surface area contributed by atoms with Gasteiger partial charge < -0.3 is 10.1 Å². The first-order valence-electron chi connectivity index (χ1n) is 5.87. The van der Waals surface area contributed by atoms with Crippen molar-refractivity contribution in [2.45, 2.75) is 19.9 Å². The lowest BCUT2D eigenvalue weighted by molar-refractivity contribution is -0.386. The monoisotopic (exact) mass is 268 g/mol. The second-order valence-electron chi connectivity index (χ2n) is 4.44. The van der Waals surface area contributed by atoms with Gasteiger partial charge in [0.15, 0.2) is 5.75 Å². The summed E-state index contributed by atoms with van der Waals surface area (Å²) in [5.41, 5.74) is 0.372. The van der Waals surface area contributed by atoms with Gasteiger partial charge in [0.1, 0.15) is 12.4 Å². The topological polar surface area (TPSA) is 64.4 Å². The number of nitrogens with zero attached hydrogens (tertiary/aromatic N) is 1. The van der Waals surface area contributed by atoms with Gasteiger partial charge in [-0.15, -0.1) is 0 Å². The molecule has 0 bridgehead atoms. The minimum atomic E-state index is -0.673. The Balaban J connectivity index is 2.62. The van der Waals surface area contributed by atoms with Crippen LogP contribution in [0.2, 0.25) is 0 Å². The Morgan fingerprint density at radius 3 is 2.84 bits per heavy atom.